The maximum Gasteiger partial charge on any atom is 0.292 e. The van der Waals surface area contributed by atoms with Crippen LogP contribution in [0.5, 0.6) is 0 Å². The second-order valence-corrected chi connectivity index (χ2v) is 6.77. The summed E-state index contributed by atoms with van der Waals surface area (Å²) in [5.41, 5.74) is 1.68. The lowest BCUT2D eigenvalue weighted by molar-refractivity contribution is -0.690. The molecule has 118 valence electrons. The van der Waals surface area contributed by atoms with Crippen molar-refractivity contribution in [1.29, 1.82) is 0 Å². The van der Waals surface area contributed by atoms with Crippen LogP contribution in [0, 0.1) is 0 Å². The van der Waals surface area contributed by atoms with Crippen molar-refractivity contribution in [3.63, 3.8) is 0 Å². The molecule has 0 aliphatic carbocycles. The van der Waals surface area contributed by atoms with E-state index in [4.69, 9.17) is 11.6 Å². The van der Waals surface area contributed by atoms with Gasteiger partial charge in [-0.05, 0) is 36.4 Å². The molecule has 2 N–H and O–H groups in total. The molecular weight excluding hydrogens is 380 g/mol. The molecule has 1 aliphatic heterocycles. The third kappa shape index (κ3) is 3.63. The molecule has 4 nitrogen and oxygen atoms in total. The Labute approximate surface area is 147 Å². The van der Waals surface area contributed by atoms with Gasteiger partial charge in [0.1, 0.15) is 6.54 Å². The first-order valence-corrected chi connectivity index (χ1v) is 8.42. The maximum absolute atomic E-state index is 12.5. The smallest absolute Gasteiger partial charge is 0.292 e. The van der Waals surface area contributed by atoms with Gasteiger partial charge in [-0.3, -0.25) is 9.59 Å². The minimum Gasteiger partial charge on any atom is -0.332 e. The van der Waals surface area contributed by atoms with Gasteiger partial charge in [0.2, 0.25) is 5.91 Å². The van der Waals surface area contributed by atoms with Crippen LogP contribution in [-0.4, -0.2) is 17.9 Å². The molecule has 3 rings (SSSR count). The van der Waals surface area contributed by atoms with Crippen LogP contribution in [0.4, 0.5) is 5.69 Å². The first-order valence-electron chi connectivity index (χ1n) is 7.25. The van der Waals surface area contributed by atoms with Gasteiger partial charge >= 0.3 is 0 Å². The van der Waals surface area contributed by atoms with E-state index in [1.165, 1.54) is 4.90 Å². The van der Waals surface area contributed by atoms with Crippen LogP contribution in [0.25, 0.3) is 0 Å². The average molecular weight is 395 g/mol. The van der Waals surface area contributed by atoms with E-state index in [1.807, 2.05) is 41.7 Å². The van der Waals surface area contributed by atoms with E-state index in [1.54, 1.807) is 12.1 Å². The summed E-state index contributed by atoms with van der Waals surface area (Å²) in [7, 11) is 0. The zero-order valence-corrected chi connectivity index (χ0v) is 14.5. The number of carbonyl (C=O) groups is 2. The topological polar surface area (TPSA) is 54.0 Å². The summed E-state index contributed by atoms with van der Waals surface area (Å²) in [6.45, 7) is 0.634. The lowest BCUT2D eigenvalue weighted by Gasteiger charge is -2.14. The Morgan fingerprint density at radius 3 is 2.39 bits per heavy atom. The molecular formula is C17H15BrClN2O2+. The molecule has 1 heterocycles. The number of hydrogen-bond acceptors (Lipinski definition) is 2. The van der Waals surface area contributed by atoms with Crippen LogP contribution in [0.1, 0.15) is 12.0 Å². The molecule has 0 bridgehead atoms. The highest BCUT2D eigenvalue weighted by molar-refractivity contribution is 9.10. The van der Waals surface area contributed by atoms with E-state index in [-0.39, 0.29) is 24.3 Å². The fourth-order valence-electron chi connectivity index (χ4n) is 2.60. The Hall–Kier alpha value is -1.69. The van der Waals surface area contributed by atoms with Gasteiger partial charge in [0.15, 0.2) is 6.04 Å². The fraction of sp³-hybridized carbons (Fsp3) is 0.176. The lowest BCUT2D eigenvalue weighted by Crippen LogP contribution is -2.90. The van der Waals surface area contributed by atoms with Crippen LogP contribution >= 0.6 is 27.5 Å². The summed E-state index contributed by atoms with van der Waals surface area (Å²) >= 11 is 9.21. The van der Waals surface area contributed by atoms with Gasteiger partial charge in [-0.25, -0.2) is 4.90 Å². The van der Waals surface area contributed by atoms with Crippen LogP contribution in [0.3, 0.4) is 0 Å². The summed E-state index contributed by atoms with van der Waals surface area (Å²) in [6, 6.07) is 14.3. The third-order valence-electron chi connectivity index (χ3n) is 3.82. The summed E-state index contributed by atoms with van der Waals surface area (Å²) in [6.07, 6.45) is 0.225. The minimum absolute atomic E-state index is 0.158. The zero-order valence-electron chi connectivity index (χ0n) is 12.2. The Morgan fingerprint density at radius 2 is 1.74 bits per heavy atom. The van der Waals surface area contributed by atoms with Crippen molar-refractivity contribution in [2.75, 3.05) is 4.90 Å². The molecule has 1 aliphatic rings. The van der Waals surface area contributed by atoms with E-state index in [0.717, 1.165) is 10.0 Å². The molecule has 0 radical (unpaired) electrons. The van der Waals surface area contributed by atoms with Crippen molar-refractivity contribution in [3.05, 3.63) is 63.6 Å². The number of anilines is 1. The Bertz CT molecular complexity index is 731. The number of carbonyl (C=O) groups excluding carboxylic acids is 2. The number of hydrogen-bond donors (Lipinski definition) is 1. The summed E-state index contributed by atoms with van der Waals surface area (Å²) in [5.74, 6) is -0.319. The monoisotopic (exact) mass is 393 g/mol. The number of nitrogens with two attached hydrogens (primary N) is 1. The second kappa shape index (κ2) is 6.83. The molecule has 0 saturated carbocycles. The van der Waals surface area contributed by atoms with Crippen LogP contribution in [0.2, 0.25) is 5.02 Å². The molecule has 0 aromatic heterocycles. The molecule has 23 heavy (non-hydrogen) atoms. The SMILES string of the molecule is O=C1C[C@@H]([NH2+]Cc2ccc(Cl)cc2)C(=O)N1c1ccc(Br)cc1. The first-order chi connectivity index (χ1) is 11.0. The number of nitrogens with zero attached hydrogens (tertiary/aromatic N) is 1. The lowest BCUT2D eigenvalue weighted by atomic mass is 10.2. The molecule has 1 fully saturated rings. The Balaban J connectivity index is 1.68. The van der Waals surface area contributed by atoms with Crippen molar-refractivity contribution in [1.82, 2.24) is 0 Å². The normalized spacial score (nSPS) is 17.8. The summed E-state index contributed by atoms with van der Waals surface area (Å²) in [4.78, 5) is 26.0. The number of benzene rings is 2. The highest BCUT2D eigenvalue weighted by atomic mass is 79.9. The molecule has 2 amide bonds. The first kappa shape index (κ1) is 16.2. The van der Waals surface area contributed by atoms with Crippen molar-refractivity contribution < 1.29 is 14.9 Å². The predicted octanol–water partition coefficient (Wildman–Crippen LogP) is 2.50. The van der Waals surface area contributed by atoms with Gasteiger partial charge < -0.3 is 5.32 Å². The molecule has 1 saturated heterocycles. The van der Waals surface area contributed by atoms with Crippen LogP contribution in [-0.2, 0) is 16.1 Å². The van der Waals surface area contributed by atoms with Gasteiger partial charge in [0.05, 0.1) is 12.1 Å². The average Bonchev–Trinajstić information content (AvgIpc) is 2.82. The van der Waals surface area contributed by atoms with Gasteiger partial charge in [-0.15, -0.1) is 0 Å². The number of imide groups is 1. The zero-order chi connectivity index (χ0) is 16.4. The maximum atomic E-state index is 12.5. The second-order valence-electron chi connectivity index (χ2n) is 5.42. The van der Waals surface area contributed by atoms with Gasteiger partial charge in [0.25, 0.3) is 5.91 Å². The number of quaternary nitrogens is 1. The minimum atomic E-state index is -0.373. The number of amides is 2. The Kier molecular flexibility index (Phi) is 4.80. The Morgan fingerprint density at radius 1 is 1.09 bits per heavy atom. The van der Waals surface area contributed by atoms with Crippen molar-refractivity contribution in [3.8, 4) is 0 Å². The molecule has 0 spiro atoms. The van der Waals surface area contributed by atoms with Gasteiger partial charge in [-0.2, -0.15) is 0 Å². The van der Waals surface area contributed by atoms with Crippen molar-refractivity contribution >= 4 is 45.0 Å². The van der Waals surface area contributed by atoms with E-state index < -0.39 is 0 Å². The van der Waals surface area contributed by atoms with Crippen molar-refractivity contribution in [2.45, 2.75) is 19.0 Å². The standard InChI is InChI=1S/C17H14BrClN2O2/c18-12-3-7-14(8-4-12)21-16(22)9-15(17(21)23)20-10-11-1-5-13(19)6-2-11/h1-8,15,20H,9-10H2/p+1/t15-/m1/s1. The molecule has 2 aromatic rings. The van der Waals surface area contributed by atoms with Gasteiger partial charge in [-0.1, -0.05) is 39.7 Å². The fourth-order valence-corrected chi connectivity index (χ4v) is 2.99. The highest BCUT2D eigenvalue weighted by Crippen LogP contribution is 2.23. The van der Waals surface area contributed by atoms with Crippen molar-refractivity contribution in [2.24, 2.45) is 0 Å². The summed E-state index contributed by atoms with van der Waals surface area (Å²) in [5, 5.41) is 2.59. The van der Waals surface area contributed by atoms with Crippen LogP contribution in [0.15, 0.2) is 53.0 Å². The highest BCUT2D eigenvalue weighted by Gasteiger charge is 2.42. The molecule has 6 heteroatoms. The van der Waals surface area contributed by atoms with E-state index in [9.17, 15) is 9.59 Å². The van der Waals surface area contributed by atoms with E-state index in [0.29, 0.717) is 17.3 Å². The summed E-state index contributed by atoms with van der Waals surface area (Å²) < 4.78 is 0.909. The predicted molar refractivity (Wildman–Crippen MR) is 92.1 cm³/mol. The van der Waals surface area contributed by atoms with Gasteiger partial charge in [0, 0.05) is 15.1 Å². The third-order valence-corrected chi connectivity index (χ3v) is 4.60. The molecule has 1 atom stereocenters. The van der Waals surface area contributed by atoms with E-state index >= 15 is 0 Å². The molecule has 0 unspecified atom stereocenters. The number of rotatable bonds is 4. The number of halogens is 2. The van der Waals surface area contributed by atoms with E-state index in [2.05, 4.69) is 15.9 Å². The quantitative estimate of drug-likeness (QED) is 0.810. The van der Waals surface area contributed by atoms with Crippen LogP contribution < -0.4 is 10.2 Å². The molecule has 2 aromatic carbocycles. The largest absolute Gasteiger partial charge is 0.332 e.